The van der Waals surface area contributed by atoms with Gasteiger partial charge in [0, 0.05) is 22.5 Å². The van der Waals surface area contributed by atoms with E-state index in [0.29, 0.717) is 5.71 Å². The highest BCUT2D eigenvalue weighted by molar-refractivity contribution is 6.14. The molecule has 138 valence electrons. The summed E-state index contributed by atoms with van der Waals surface area (Å²) in [6.45, 7) is 4.28. The van der Waals surface area contributed by atoms with Crippen LogP contribution in [-0.2, 0) is 6.42 Å². The maximum absolute atomic E-state index is 8.93. The summed E-state index contributed by atoms with van der Waals surface area (Å²) in [7, 11) is 0. The lowest BCUT2D eigenvalue weighted by molar-refractivity contribution is 0.942. The SMILES string of the molecule is CCc1cc(C(=N)c2ccccc2)c(-c2ccccc2)n1-c1ccc(C)cc1. The van der Waals surface area contributed by atoms with E-state index in [1.165, 1.54) is 11.3 Å². The molecule has 4 rings (SSSR count). The summed E-state index contributed by atoms with van der Waals surface area (Å²) >= 11 is 0. The first-order valence-electron chi connectivity index (χ1n) is 9.70. The van der Waals surface area contributed by atoms with E-state index >= 15 is 0 Å². The van der Waals surface area contributed by atoms with Gasteiger partial charge in [-0.25, -0.2) is 0 Å². The molecule has 28 heavy (non-hydrogen) atoms. The Labute approximate surface area is 166 Å². The highest BCUT2D eigenvalue weighted by atomic mass is 15.0. The first kappa shape index (κ1) is 18.0. The Balaban J connectivity index is 1.99. The standard InChI is InChI=1S/C26H24N2/c1-3-22-18-24(25(27)20-10-6-4-7-11-20)26(21-12-8-5-9-13-21)28(22)23-16-14-19(2)15-17-23/h4-18,27H,3H2,1-2H3. The monoisotopic (exact) mass is 364 g/mol. The fourth-order valence-corrected chi connectivity index (χ4v) is 3.64. The summed E-state index contributed by atoms with van der Waals surface area (Å²) in [6, 6.07) is 31.2. The Bertz CT molecular complexity index is 1090. The van der Waals surface area contributed by atoms with Gasteiger partial charge >= 0.3 is 0 Å². The van der Waals surface area contributed by atoms with E-state index in [9.17, 15) is 0 Å². The van der Waals surface area contributed by atoms with Crippen LogP contribution < -0.4 is 0 Å². The van der Waals surface area contributed by atoms with E-state index in [1.54, 1.807) is 0 Å². The van der Waals surface area contributed by atoms with Gasteiger partial charge in [-0.3, -0.25) is 5.41 Å². The van der Waals surface area contributed by atoms with Gasteiger partial charge in [-0.2, -0.15) is 0 Å². The lowest BCUT2D eigenvalue weighted by Gasteiger charge is -2.15. The number of aromatic nitrogens is 1. The van der Waals surface area contributed by atoms with Crippen molar-refractivity contribution >= 4 is 5.71 Å². The van der Waals surface area contributed by atoms with E-state index in [0.717, 1.165) is 34.5 Å². The molecule has 3 aromatic carbocycles. The van der Waals surface area contributed by atoms with Gasteiger partial charge in [0.15, 0.2) is 0 Å². The van der Waals surface area contributed by atoms with Crippen molar-refractivity contribution in [2.45, 2.75) is 20.3 Å². The van der Waals surface area contributed by atoms with Crippen LogP contribution in [0.1, 0.15) is 29.3 Å². The molecule has 1 N–H and O–H groups in total. The Morgan fingerprint density at radius 2 is 1.43 bits per heavy atom. The average molecular weight is 364 g/mol. The van der Waals surface area contributed by atoms with Gasteiger partial charge < -0.3 is 4.57 Å². The Hall–Kier alpha value is -3.39. The van der Waals surface area contributed by atoms with Crippen molar-refractivity contribution in [3.8, 4) is 16.9 Å². The fourth-order valence-electron chi connectivity index (χ4n) is 3.64. The van der Waals surface area contributed by atoms with Gasteiger partial charge in [0.05, 0.1) is 11.4 Å². The third-order valence-electron chi connectivity index (χ3n) is 5.11. The minimum absolute atomic E-state index is 0.556. The van der Waals surface area contributed by atoms with Crippen molar-refractivity contribution in [3.63, 3.8) is 0 Å². The molecule has 0 amide bonds. The molecule has 2 nitrogen and oxygen atoms in total. The second kappa shape index (κ2) is 7.69. The minimum Gasteiger partial charge on any atom is -0.313 e. The minimum atomic E-state index is 0.556. The van der Waals surface area contributed by atoms with Gasteiger partial charge in [-0.15, -0.1) is 0 Å². The van der Waals surface area contributed by atoms with Gasteiger partial charge in [0.2, 0.25) is 0 Å². The van der Waals surface area contributed by atoms with Crippen molar-refractivity contribution in [2.75, 3.05) is 0 Å². The quantitative estimate of drug-likeness (QED) is 0.395. The number of hydrogen-bond donors (Lipinski definition) is 1. The van der Waals surface area contributed by atoms with Gasteiger partial charge in [-0.05, 0) is 37.1 Å². The molecule has 0 aliphatic rings. The van der Waals surface area contributed by atoms with E-state index < -0.39 is 0 Å². The topological polar surface area (TPSA) is 28.8 Å². The molecule has 4 aromatic rings. The molecule has 0 fully saturated rings. The summed E-state index contributed by atoms with van der Waals surface area (Å²) in [5, 5.41) is 8.93. The smallest absolute Gasteiger partial charge is 0.0706 e. The van der Waals surface area contributed by atoms with Crippen LogP contribution in [-0.4, -0.2) is 10.3 Å². The molecule has 0 spiro atoms. The molecule has 0 radical (unpaired) electrons. The van der Waals surface area contributed by atoms with Crippen LogP contribution in [0.4, 0.5) is 0 Å². The number of aryl methyl sites for hydroxylation is 2. The predicted molar refractivity (Wildman–Crippen MR) is 118 cm³/mol. The van der Waals surface area contributed by atoms with Crippen LogP contribution in [0.3, 0.4) is 0 Å². The zero-order valence-corrected chi connectivity index (χ0v) is 16.3. The number of nitrogens with one attached hydrogen (secondary N) is 1. The second-order valence-corrected chi connectivity index (χ2v) is 7.03. The molecular formula is C26H24N2. The zero-order valence-electron chi connectivity index (χ0n) is 16.3. The van der Waals surface area contributed by atoms with E-state index in [1.807, 2.05) is 36.4 Å². The number of rotatable bonds is 5. The van der Waals surface area contributed by atoms with Crippen LogP contribution in [0.25, 0.3) is 16.9 Å². The van der Waals surface area contributed by atoms with Crippen LogP contribution in [0.2, 0.25) is 0 Å². The van der Waals surface area contributed by atoms with Crippen molar-refractivity contribution in [1.82, 2.24) is 4.57 Å². The normalized spacial score (nSPS) is 10.8. The van der Waals surface area contributed by atoms with Crippen LogP contribution >= 0.6 is 0 Å². The fraction of sp³-hybridized carbons (Fsp3) is 0.115. The largest absolute Gasteiger partial charge is 0.313 e. The molecular weight excluding hydrogens is 340 g/mol. The van der Waals surface area contributed by atoms with Crippen LogP contribution in [0.5, 0.6) is 0 Å². The predicted octanol–water partition coefficient (Wildman–Crippen LogP) is 6.43. The van der Waals surface area contributed by atoms with Gasteiger partial charge in [0.1, 0.15) is 0 Å². The lowest BCUT2D eigenvalue weighted by atomic mass is 9.99. The van der Waals surface area contributed by atoms with Crippen LogP contribution in [0, 0.1) is 12.3 Å². The molecule has 1 aromatic heterocycles. The van der Waals surface area contributed by atoms with Crippen molar-refractivity contribution in [2.24, 2.45) is 0 Å². The average Bonchev–Trinajstić information content (AvgIpc) is 3.14. The molecule has 1 heterocycles. The van der Waals surface area contributed by atoms with Gasteiger partial charge in [-0.1, -0.05) is 85.3 Å². The maximum atomic E-state index is 8.93. The molecule has 0 atom stereocenters. The maximum Gasteiger partial charge on any atom is 0.0706 e. The van der Waals surface area contributed by atoms with E-state index in [2.05, 4.69) is 73.0 Å². The lowest BCUT2D eigenvalue weighted by Crippen LogP contribution is -2.05. The number of benzene rings is 3. The number of hydrogen-bond acceptors (Lipinski definition) is 1. The summed E-state index contributed by atoms with van der Waals surface area (Å²) in [5.74, 6) is 0. The Morgan fingerprint density at radius 1 is 0.821 bits per heavy atom. The zero-order chi connectivity index (χ0) is 19.5. The molecule has 0 aliphatic heterocycles. The molecule has 0 bridgehead atoms. The van der Waals surface area contributed by atoms with Crippen LogP contribution in [0.15, 0.2) is 91.0 Å². The highest BCUT2D eigenvalue weighted by Gasteiger charge is 2.20. The third kappa shape index (κ3) is 3.29. The first-order chi connectivity index (χ1) is 13.7. The Morgan fingerprint density at radius 3 is 2.04 bits per heavy atom. The summed E-state index contributed by atoms with van der Waals surface area (Å²) < 4.78 is 2.31. The van der Waals surface area contributed by atoms with E-state index in [-0.39, 0.29) is 0 Å². The Kier molecular flexibility index (Phi) is 4.94. The highest BCUT2D eigenvalue weighted by Crippen LogP contribution is 2.33. The molecule has 0 aliphatic carbocycles. The first-order valence-corrected chi connectivity index (χ1v) is 9.70. The molecule has 2 heteroatoms. The molecule has 0 saturated carbocycles. The summed E-state index contributed by atoms with van der Waals surface area (Å²) in [6.07, 6.45) is 0.899. The third-order valence-corrected chi connectivity index (χ3v) is 5.11. The number of nitrogens with zero attached hydrogens (tertiary/aromatic N) is 1. The van der Waals surface area contributed by atoms with Gasteiger partial charge in [0.25, 0.3) is 0 Å². The van der Waals surface area contributed by atoms with Crippen molar-refractivity contribution in [1.29, 1.82) is 5.41 Å². The second-order valence-electron chi connectivity index (χ2n) is 7.03. The molecule has 0 saturated heterocycles. The summed E-state index contributed by atoms with van der Waals surface area (Å²) in [5.41, 5.74) is 8.24. The molecule has 0 unspecified atom stereocenters. The van der Waals surface area contributed by atoms with E-state index in [4.69, 9.17) is 5.41 Å². The summed E-state index contributed by atoms with van der Waals surface area (Å²) in [4.78, 5) is 0. The van der Waals surface area contributed by atoms with Crippen molar-refractivity contribution in [3.05, 3.63) is 113 Å². The van der Waals surface area contributed by atoms with Crippen molar-refractivity contribution < 1.29 is 0 Å².